The molecule has 1 aromatic rings. The van der Waals surface area contributed by atoms with Gasteiger partial charge in [-0.05, 0) is 37.1 Å². The zero-order chi connectivity index (χ0) is 13.8. The van der Waals surface area contributed by atoms with Crippen LogP contribution in [0.4, 0.5) is 5.69 Å². The Morgan fingerprint density at radius 3 is 2.26 bits per heavy atom. The molecule has 8 heteroatoms. The van der Waals surface area contributed by atoms with Gasteiger partial charge in [0.2, 0.25) is 10.0 Å². The van der Waals surface area contributed by atoms with Crippen LogP contribution in [0.15, 0.2) is 23.2 Å². The van der Waals surface area contributed by atoms with Crippen molar-refractivity contribution in [2.24, 2.45) is 15.9 Å². The van der Waals surface area contributed by atoms with Crippen LogP contribution < -0.4 is 16.2 Å². The van der Waals surface area contributed by atoms with E-state index in [0.29, 0.717) is 0 Å². The van der Waals surface area contributed by atoms with Crippen molar-refractivity contribution in [3.63, 3.8) is 0 Å². The molecule has 1 rings (SSSR count). The molecule has 0 heterocycles. The third-order valence-corrected chi connectivity index (χ3v) is 2.90. The van der Waals surface area contributed by atoms with Gasteiger partial charge >= 0.3 is 0 Å². The molecule has 0 saturated heterocycles. The van der Waals surface area contributed by atoms with Crippen LogP contribution in [0.1, 0.15) is 11.1 Å². The molecule has 0 fully saturated rings. The summed E-state index contributed by atoms with van der Waals surface area (Å²) in [7, 11) is -3.50. The Labute approximate surface area is 130 Å². The Bertz CT molecular complexity index is 538. The number of primary sulfonamides is 1. The molecule has 0 aliphatic carbocycles. The maximum Gasteiger partial charge on any atom is 0.210 e. The van der Waals surface area contributed by atoms with Gasteiger partial charge in [-0.3, -0.25) is 4.99 Å². The molecule has 0 unspecified atom stereocenters. The molecule has 0 amide bonds. The standard InChI is InChI=1S/C11H18N4O2S.HI/c1-8-5-9(2)7-10(6-8)15-11(12)14-3-4-18(13,16)17;/h5-7H,3-4H2,1-2H3,(H3,12,14,15)(H2,13,16,17);1H. The second-order valence-corrected chi connectivity index (χ2v) is 5.87. The zero-order valence-corrected chi connectivity index (χ0v) is 14.0. The van der Waals surface area contributed by atoms with Crippen molar-refractivity contribution in [1.29, 1.82) is 0 Å². The summed E-state index contributed by atoms with van der Waals surface area (Å²) in [5, 5.41) is 7.76. The van der Waals surface area contributed by atoms with Crippen molar-refractivity contribution in [1.82, 2.24) is 0 Å². The van der Waals surface area contributed by atoms with Gasteiger partial charge in [-0.2, -0.15) is 0 Å². The lowest BCUT2D eigenvalue weighted by Crippen LogP contribution is -2.25. The van der Waals surface area contributed by atoms with Crippen molar-refractivity contribution in [3.8, 4) is 0 Å². The van der Waals surface area contributed by atoms with Crippen molar-refractivity contribution in [3.05, 3.63) is 29.3 Å². The number of aryl methyl sites for hydroxylation is 2. The van der Waals surface area contributed by atoms with E-state index in [1.54, 1.807) is 0 Å². The van der Waals surface area contributed by atoms with Crippen LogP contribution in [0.25, 0.3) is 0 Å². The molecule has 19 heavy (non-hydrogen) atoms. The molecule has 0 aromatic heterocycles. The largest absolute Gasteiger partial charge is 0.370 e. The number of rotatable bonds is 4. The van der Waals surface area contributed by atoms with Crippen LogP contribution in [0.2, 0.25) is 0 Å². The van der Waals surface area contributed by atoms with E-state index in [-0.39, 0.29) is 42.2 Å². The Morgan fingerprint density at radius 2 is 1.79 bits per heavy atom. The number of nitrogens with zero attached hydrogens (tertiary/aromatic N) is 1. The van der Waals surface area contributed by atoms with Gasteiger partial charge in [0.1, 0.15) is 0 Å². The highest BCUT2D eigenvalue weighted by molar-refractivity contribution is 14.0. The highest BCUT2D eigenvalue weighted by Crippen LogP contribution is 2.13. The number of sulfonamides is 1. The first-order chi connectivity index (χ1) is 8.26. The van der Waals surface area contributed by atoms with Crippen molar-refractivity contribution >= 4 is 45.6 Å². The molecule has 0 aliphatic heterocycles. The van der Waals surface area contributed by atoms with Crippen molar-refractivity contribution in [2.45, 2.75) is 13.8 Å². The Balaban J connectivity index is 0.00000324. The number of nitrogens with one attached hydrogen (secondary N) is 1. The quantitative estimate of drug-likeness (QED) is 0.398. The number of aliphatic imine (C=N–C) groups is 1. The van der Waals surface area contributed by atoms with Gasteiger partial charge in [-0.1, -0.05) is 6.07 Å². The van der Waals surface area contributed by atoms with Gasteiger partial charge in [0, 0.05) is 5.69 Å². The van der Waals surface area contributed by atoms with Crippen LogP contribution in [-0.2, 0) is 10.0 Å². The molecule has 0 bridgehead atoms. The lowest BCUT2D eigenvalue weighted by atomic mass is 10.1. The average molecular weight is 398 g/mol. The summed E-state index contributed by atoms with van der Waals surface area (Å²) >= 11 is 0. The number of nitrogens with two attached hydrogens (primary N) is 2. The molecule has 0 aliphatic rings. The van der Waals surface area contributed by atoms with E-state index < -0.39 is 10.0 Å². The van der Waals surface area contributed by atoms with Crippen LogP contribution in [-0.4, -0.2) is 26.7 Å². The summed E-state index contributed by atoms with van der Waals surface area (Å²) in [6.07, 6.45) is 0. The average Bonchev–Trinajstić information content (AvgIpc) is 2.12. The number of hydrogen-bond donors (Lipinski definition) is 3. The molecule has 0 spiro atoms. The van der Waals surface area contributed by atoms with E-state index in [1.807, 2.05) is 32.0 Å². The molecular formula is C11H19IN4O2S. The third kappa shape index (κ3) is 8.01. The predicted molar refractivity (Wildman–Crippen MR) is 89.4 cm³/mol. The summed E-state index contributed by atoms with van der Waals surface area (Å²) in [6, 6.07) is 5.89. The first-order valence-corrected chi connectivity index (χ1v) is 7.13. The van der Waals surface area contributed by atoms with Gasteiger partial charge in [-0.25, -0.2) is 13.6 Å². The topological polar surface area (TPSA) is 111 Å². The molecule has 0 radical (unpaired) electrons. The number of hydrogen-bond acceptors (Lipinski definition) is 3. The van der Waals surface area contributed by atoms with E-state index in [4.69, 9.17) is 10.9 Å². The highest BCUT2D eigenvalue weighted by Gasteiger charge is 2.01. The SMILES string of the molecule is Cc1cc(C)cc(NC(N)=NCCS(N)(=O)=O)c1.I. The van der Waals surface area contributed by atoms with Crippen molar-refractivity contribution in [2.75, 3.05) is 17.6 Å². The summed E-state index contributed by atoms with van der Waals surface area (Å²) < 4.78 is 21.4. The lowest BCUT2D eigenvalue weighted by molar-refractivity contribution is 0.597. The van der Waals surface area contributed by atoms with E-state index in [2.05, 4.69) is 10.3 Å². The Hall–Kier alpha value is -0.870. The van der Waals surface area contributed by atoms with Crippen molar-refractivity contribution < 1.29 is 8.42 Å². The lowest BCUT2D eigenvalue weighted by Gasteiger charge is -2.07. The van der Waals surface area contributed by atoms with Crippen LogP contribution >= 0.6 is 24.0 Å². The maximum atomic E-state index is 10.7. The first kappa shape index (κ1) is 18.1. The molecular weight excluding hydrogens is 379 g/mol. The smallest absolute Gasteiger partial charge is 0.210 e. The monoisotopic (exact) mass is 398 g/mol. The summed E-state index contributed by atoms with van der Waals surface area (Å²) in [5.74, 6) is -0.0500. The van der Waals surface area contributed by atoms with Gasteiger partial charge in [0.05, 0.1) is 12.3 Å². The molecule has 5 N–H and O–H groups in total. The normalized spacial score (nSPS) is 11.8. The number of guanidine groups is 1. The minimum absolute atomic E-state index is 0. The fourth-order valence-electron chi connectivity index (χ4n) is 1.53. The minimum atomic E-state index is -3.50. The third-order valence-electron chi connectivity index (χ3n) is 2.15. The van der Waals surface area contributed by atoms with E-state index in [0.717, 1.165) is 16.8 Å². The van der Waals surface area contributed by atoms with Gasteiger partial charge in [-0.15, -0.1) is 24.0 Å². The summed E-state index contributed by atoms with van der Waals surface area (Å²) in [6.45, 7) is 4.00. The van der Waals surface area contributed by atoms with Gasteiger partial charge in [0.25, 0.3) is 0 Å². The van der Waals surface area contributed by atoms with Crippen LogP contribution in [0.5, 0.6) is 0 Å². The van der Waals surface area contributed by atoms with Crippen LogP contribution in [0, 0.1) is 13.8 Å². The molecule has 0 atom stereocenters. The predicted octanol–water partition coefficient (Wildman–Crippen LogP) is 0.937. The molecule has 1 aromatic carbocycles. The summed E-state index contributed by atoms with van der Waals surface area (Å²) in [5.41, 5.74) is 8.67. The Kier molecular flexibility index (Phi) is 7.30. The fraction of sp³-hybridized carbons (Fsp3) is 0.364. The van der Waals surface area contributed by atoms with Gasteiger partial charge in [0.15, 0.2) is 5.96 Å². The minimum Gasteiger partial charge on any atom is -0.370 e. The first-order valence-electron chi connectivity index (χ1n) is 5.42. The van der Waals surface area contributed by atoms with E-state index >= 15 is 0 Å². The second-order valence-electron chi connectivity index (χ2n) is 4.14. The Morgan fingerprint density at radius 1 is 1.26 bits per heavy atom. The highest BCUT2D eigenvalue weighted by atomic mass is 127. The number of halogens is 1. The zero-order valence-electron chi connectivity index (χ0n) is 10.9. The fourth-order valence-corrected chi connectivity index (χ4v) is 1.87. The number of anilines is 1. The second kappa shape index (κ2) is 7.65. The van der Waals surface area contributed by atoms with E-state index in [9.17, 15) is 8.42 Å². The van der Waals surface area contributed by atoms with Gasteiger partial charge < -0.3 is 11.1 Å². The number of benzene rings is 1. The van der Waals surface area contributed by atoms with Crippen LogP contribution in [0.3, 0.4) is 0 Å². The maximum absolute atomic E-state index is 10.7. The molecule has 6 nitrogen and oxygen atoms in total. The molecule has 0 saturated carbocycles. The van der Waals surface area contributed by atoms with E-state index in [1.165, 1.54) is 0 Å². The summed E-state index contributed by atoms with van der Waals surface area (Å²) in [4.78, 5) is 3.89. The molecule has 108 valence electrons.